The van der Waals surface area contributed by atoms with E-state index >= 15 is 0 Å². The van der Waals surface area contributed by atoms with Crippen LogP contribution in [0.15, 0.2) is 91.0 Å². The van der Waals surface area contributed by atoms with Crippen LogP contribution >= 0.6 is 7.26 Å². The molecule has 2 nitrogen and oxygen atoms in total. The summed E-state index contributed by atoms with van der Waals surface area (Å²) in [5.41, 5.74) is 0. The van der Waals surface area contributed by atoms with E-state index in [2.05, 4.69) is 96.3 Å². The van der Waals surface area contributed by atoms with Crippen molar-refractivity contribution in [1.29, 1.82) is 0 Å². The third-order valence-corrected chi connectivity index (χ3v) is 10.7. The first-order valence-corrected chi connectivity index (χ1v) is 13.1. The molecule has 0 aliphatic heterocycles. The second-order valence-corrected chi connectivity index (χ2v) is 11.8. The van der Waals surface area contributed by atoms with Gasteiger partial charge < -0.3 is 22.3 Å². The van der Waals surface area contributed by atoms with Crippen molar-refractivity contribution in [2.75, 3.05) is 6.16 Å². The van der Waals surface area contributed by atoms with Crippen LogP contribution in [0, 0.1) is 0 Å². The smallest absolute Gasteiger partial charge is 0.223 e. The molecule has 1 amide bonds. The molecule has 0 radical (unpaired) electrons. The van der Waals surface area contributed by atoms with E-state index in [0.29, 0.717) is 12.5 Å². The third kappa shape index (κ3) is 5.64. The third-order valence-electron chi connectivity index (χ3n) is 6.24. The molecule has 1 fully saturated rings. The van der Waals surface area contributed by atoms with Gasteiger partial charge in [-0.3, -0.25) is 4.79 Å². The van der Waals surface area contributed by atoms with Crippen molar-refractivity contribution < 1.29 is 21.8 Å². The standard InChI is InChI=1S/C27H30NOP.BrH/c29-27(28-23-13-5-1-6-14-23)21-22-30(24-15-7-2-8-16-24,25-17-9-3-10-18-25)26-19-11-4-12-20-26;/h2-4,7-12,15-20,23H,1,5-6,13-14,21-22H2;1H. The average molecular weight is 496 g/mol. The molecule has 162 valence electrons. The Kier molecular flexibility index (Phi) is 8.87. The summed E-state index contributed by atoms with van der Waals surface area (Å²) in [7, 11) is -1.92. The van der Waals surface area contributed by atoms with Crippen LogP contribution in [0.2, 0.25) is 0 Å². The Morgan fingerprint density at radius 3 is 1.55 bits per heavy atom. The first-order valence-electron chi connectivity index (χ1n) is 11.1. The lowest BCUT2D eigenvalue weighted by atomic mass is 9.95. The summed E-state index contributed by atoms with van der Waals surface area (Å²) in [6.07, 6.45) is 7.44. The van der Waals surface area contributed by atoms with Gasteiger partial charge in [-0.1, -0.05) is 73.9 Å². The molecule has 4 rings (SSSR count). The molecule has 0 unspecified atom stereocenters. The van der Waals surface area contributed by atoms with Crippen LogP contribution in [-0.2, 0) is 4.79 Å². The van der Waals surface area contributed by atoms with Gasteiger partial charge in [-0.25, -0.2) is 0 Å². The largest absolute Gasteiger partial charge is 1.00 e. The molecular formula is C27H31BrNOP. The molecule has 3 aromatic carbocycles. The maximum atomic E-state index is 13.0. The zero-order chi connectivity index (χ0) is 20.7. The number of halogens is 1. The van der Waals surface area contributed by atoms with E-state index in [0.717, 1.165) is 19.0 Å². The number of rotatable bonds is 7. The monoisotopic (exact) mass is 495 g/mol. The minimum absolute atomic E-state index is 0. The molecule has 0 atom stereocenters. The Balaban J connectivity index is 0.00000272. The zero-order valence-corrected chi connectivity index (χ0v) is 20.4. The van der Waals surface area contributed by atoms with E-state index in [9.17, 15) is 4.79 Å². The first-order chi connectivity index (χ1) is 14.8. The fourth-order valence-corrected chi connectivity index (χ4v) is 8.95. The van der Waals surface area contributed by atoms with Gasteiger partial charge in [0.25, 0.3) is 0 Å². The predicted molar refractivity (Wildman–Crippen MR) is 130 cm³/mol. The Labute approximate surface area is 197 Å². The normalized spacial score (nSPS) is 14.5. The molecule has 31 heavy (non-hydrogen) atoms. The van der Waals surface area contributed by atoms with Gasteiger partial charge in [0.15, 0.2) is 0 Å². The fraction of sp³-hybridized carbons (Fsp3) is 0.296. The molecule has 0 saturated heterocycles. The van der Waals surface area contributed by atoms with Crippen LogP contribution in [-0.4, -0.2) is 18.1 Å². The highest BCUT2D eigenvalue weighted by atomic mass is 79.9. The van der Waals surface area contributed by atoms with Crippen LogP contribution < -0.4 is 38.2 Å². The topological polar surface area (TPSA) is 29.1 Å². The Bertz CT molecular complexity index is 831. The van der Waals surface area contributed by atoms with Crippen LogP contribution in [0.1, 0.15) is 38.5 Å². The summed E-state index contributed by atoms with van der Waals surface area (Å²) in [5, 5.41) is 7.35. The van der Waals surface area contributed by atoms with Crippen LogP contribution in [0.25, 0.3) is 0 Å². The lowest BCUT2D eigenvalue weighted by Gasteiger charge is -2.28. The van der Waals surface area contributed by atoms with Crippen molar-refractivity contribution >= 4 is 29.1 Å². The molecule has 1 aliphatic rings. The summed E-state index contributed by atoms with van der Waals surface area (Å²) in [6.45, 7) is 0. The highest BCUT2D eigenvalue weighted by Gasteiger charge is 2.45. The van der Waals surface area contributed by atoms with Crippen molar-refractivity contribution in [1.82, 2.24) is 5.32 Å². The molecule has 0 bridgehead atoms. The number of hydrogen-bond acceptors (Lipinski definition) is 1. The van der Waals surface area contributed by atoms with E-state index in [1.807, 2.05) is 0 Å². The fourth-order valence-electron chi connectivity index (χ4n) is 4.70. The van der Waals surface area contributed by atoms with E-state index in [4.69, 9.17) is 0 Å². The summed E-state index contributed by atoms with van der Waals surface area (Å²) in [4.78, 5) is 13.0. The van der Waals surface area contributed by atoms with Crippen molar-refractivity contribution in [3.05, 3.63) is 91.0 Å². The number of nitrogens with one attached hydrogen (secondary N) is 1. The van der Waals surface area contributed by atoms with Crippen molar-refractivity contribution in [3.8, 4) is 0 Å². The summed E-state index contributed by atoms with van der Waals surface area (Å²) in [5.74, 6) is 0.203. The lowest BCUT2D eigenvalue weighted by Crippen LogP contribution is -3.00. The van der Waals surface area contributed by atoms with Gasteiger partial charge in [0, 0.05) is 6.04 Å². The number of carbonyl (C=O) groups excluding carboxylic acids is 1. The Hall–Kier alpha value is -1.96. The SMILES string of the molecule is O=C(CC[P+](c1ccccc1)(c1ccccc1)c1ccccc1)NC1CCCCC1.[Br-]. The molecule has 1 N–H and O–H groups in total. The Morgan fingerprint density at radius 2 is 1.13 bits per heavy atom. The van der Waals surface area contributed by atoms with E-state index in [1.165, 1.54) is 35.2 Å². The van der Waals surface area contributed by atoms with E-state index in [-0.39, 0.29) is 22.9 Å². The minimum atomic E-state index is -1.92. The maximum Gasteiger partial charge on any atom is 0.223 e. The molecule has 4 heteroatoms. The van der Waals surface area contributed by atoms with Gasteiger partial charge in [0.1, 0.15) is 23.2 Å². The molecule has 1 saturated carbocycles. The lowest BCUT2D eigenvalue weighted by molar-refractivity contribution is -0.121. The van der Waals surface area contributed by atoms with Gasteiger partial charge in [-0.15, -0.1) is 0 Å². The quantitative estimate of drug-likeness (QED) is 0.497. The Morgan fingerprint density at radius 1 is 0.710 bits per heavy atom. The predicted octanol–water partition coefficient (Wildman–Crippen LogP) is 1.82. The van der Waals surface area contributed by atoms with Gasteiger partial charge in [-0.05, 0) is 49.2 Å². The van der Waals surface area contributed by atoms with Gasteiger partial charge >= 0.3 is 0 Å². The molecule has 0 heterocycles. The average Bonchev–Trinajstić information content (AvgIpc) is 2.82. The molecular weight excluding hydrogens is 465 g/mol. The highest BCUT2D eigenvalue weighted by Crippen LogP contribution is 2.55. The van der Waals surface area contributed by atoms with Crippen LogP contribution in [0.3, 0.4) is 0 Å². The van der Waals surface area contributed by atoms with E-state index in [1.54, 1.807) is 0 Å². The van der Waals surface area contributed by atoms with Gasteiger partial charge in [0.05, 0.1) is 12.6 Å². The molecule has 1 aliphatic carbocycles. The number of amides is 1. The minimum Gasteiger partial charge on any atom is -1.00 e. The summed E-state index contributed by atoms with van der Waals surface area (Å²) in [6, 6.07) is 32.8. The van der Waals surface area contributed by atoms with Crippen LogP contribution in [0.4, 0.5) is 0 Å². The maximum absolute atomic E-state index is 13.0. The zero-order valence-electron chi connectivity index (χ0n) is 17.9. The number of hydrogen-bond donors (Lipinski definition) is 1. The summed E-state index contributed by atoms with van der Waals surface area (Å²) >= 11 is 0. The number of benzene rings is 3. The van der Waals surface area contributed by atoms with Crippen molar-refractivity contribution in [2.45, 2.75) is 44.6 Å². The first kappa shape index (κ1) is 23.7. The number of carbonyl (C=O) groups is 1. The van der Waals surface area contributed by atoms with Gasteiger partial charge in [-0.2, -0.15) is 0 Å². The van der Waals surface area contributed by atoms with Gasteiger partial charge in [0.2, 0.25) is 5.91 Å². The second kappa shape index (κ2) is 11.6. The van der Waals surface area contributed by atoms with Crippen molar-refractivity contribution in [2.24, 2.45) is 0 Å². The highest BCUT2D eigenvalue weighted by molar-refractivity contribution is 7.95. The summed E-state index contributed by atoms with van der Waals surface area (Å²) < 4.78 is 0. The molecule has 3 aromatic rings. The van der Waals surface area contributed by atoms with Crippen LogP contribution in [0.5, 0.6) is 0 Å². The second-order valence-electron chi connectivity index (χ2n) is 8.19. The molecule has 0 aromatic heterocycles. The van der Waals surface area contributed by atoms with E-state index < -0.39 is 7.26 Å². The van der Waals surface area contributed by atoms with Crippen molar-refractivity contribution in [3.63, 3.8) is 0 Å². The molecule has 0 spiro atoms.